The molecule has 0 aliphatic rings. The van der Waals surface area contributed by atoms with Gasteiger partial charge in [0.2, 0.25) is 0 Å². The lowest BCUT2D eigenvalue weighted by Crippen LogP contribution is -2.45. The van der Waals surface area contributed by atoms with Crippen LogP contribution in [0, 0.1) is 0 Å². The van der Waals surface area contributed by atoms with Crippen LogP contribution in [-0.2, 0) is 4.74 Å². The van der Waals surface area contributed by atoms with Gasteiger partial charge in [0, 0.05) is 31.8 Å². The molecule has 15 heavy (non-hydrogen) atoms. The summed E-state index contributed by atoms with van der Waals surface area (Å²) < 4.78 is 5.28. The van der Waals surface area contributed by atoms with E-state index in [2.05, 4.69) is 24.1 Å². The Hall–Kier alpha value is -0.160. The minimum Gasteiger partial charge on any atom is -0.395 e. The summed E-state index contributed by atoms with van der Waals surface area (Å²) in [7, 11) is 2.05. The van der Waals surface area contributed by atoms with E-state index < -0.39 is 0 Å². The summed E-state index contributed by atoms with van der Waals surface area (Å²) in [6.07, 6.45) is 0. The van der Waals surface area contributed by atoms with Crippen molar-refractivity contribution in [3.63, 3.8) is 0 Å². The Balaban J connectivity index is 3.65. The summed E-state index contributed by atoms with van der Waals surface area (Å²) in [5.41, 5.74) is 0. The molecule has 0 aromatic heterocycles. The summed E-state index contributed by atoms with van der Waals surface area (Å²) in [5, 5.41) is 12.5. The van der Waals surface area contributed by atoms with Crippen molar-refractivity contribution in [3.8, 4) is 0 Å². The van der Waals surface area contributed by atoms with Crippen LogP contribution in [0.3, 0.4) is 0 Å². The molecule has 0 saturated carbocycles. The molecule has 0 aliphatic carbocycles. The molecular formula is C11H26N2O2. The van der Waals surface area contributed by atoms with Gasteiger partial charge in [-0.2, -0.15) is 0 Å². The fourth-order valence-corrected chi connectivity index (χ4v) is 1.47. The van der Waals surface area contributed by atoms with Crippen LogP contribution in [-0.4, -0.2) is 62.0 Å². The fourth-order valence-electron chi connectivity index (χ4n) is 1.47. The summed E-state index contributed by atoms with van der Waals surface area (Å²) in [6.45, 7) is 9.62. The highest BCUT2D eigenvalue weighted by Gasteiger charge is 2.10. The first-order chi connectivity index (χ1) is 7.10. The van der Waals surface area contributed by atoms with E-state index in [1.165, 1.54) is 0 Å². The minimum absolute atomic E-state index is 0.150. The molecule has 0 amide bonds. The van der Waals surface area contributed by atoms with Crippen LogP contribution in [0.4, 0.5) is 0 Å². The third-order valence-electron chi connectivity index (χ3n) is 2.14. The maximum atomic E-state index is 9.17. The van der Waals surface area contributed by atoms with Gasteiger partial charge in [0.15, 0.2) is 0 Å². The minimum atomic E-state index is 0.150. The zero-order valence-electron chi connectivity index (χ0n) is 10.5. The molecule has 92 valence electrons. The Bertz CT molecular complexity index is 143. The molecule has 0 heterocycles. The molecule has 0 radical (unpaired) electrons. The van der Waals surface area contributed by atoms with Crippen LogP contribution in [0.15, 0.2) is 0 Å². The van der Waals surface area contributed by atoms with Crippen LogP contribution in [0.1, 0.15) is 20.8 Å². The molecular weight excluding hydrogens is 192 g/mol. The smallest absolute Gasteiger partial charge is 0.0597 e. The van der Waals surface area contributed by atoms with Crippen molar-refractivity contribution < 1.29 is 9.84 Å². The monoisotopic (exact) mass is 218 g/mol. The third kappa shape index (κ3) is 8.81. The maximum Gasteiger partial charge on any atom is 0.0597 e. The molecule has 0 aliphatic heterocycles. The number of hydrogen-bond acceptors (Lipinski definition) is 4. The average Bonchev–Trinajstić information content (AvgIpc) is 2.16. The number of aliphatic hydroxyl groups is 1. The zero-order valence-corrected chi connectivity index (χ0v) is 10.5. The Labute approximate surface area is 93.6 Å². The average molecular weight is 218 g/mol. The molecule has 2 N–H and O–H groups in total. The van der Waals surface area contributed by atoms with E-state index in [1.54, 1.807) is 0 Å². The lowest BCUT2D eigenvalue weighted by atomic mass is 10.2. The molecule has 1 unspecified atom stereocenters. The van der Waals surface area contributed by atoms with E-state index >= 15 is 0 Å². The number of rotatable bonds is 9. The molecule has 0 aromatic rings. The molecule has 0 bridgehead atoms. The van der Waals surface area contributed by atoms with Crippen molar-refractivity contribution in [3.05, 3.63) is 0 Å². The highest BCUT2D eigenvalue weighted by Crippen LogP contribution is 1.92. The number of nitrogens with one attached hydrogen (secondary N) is 1. The number of aliphatic hydroxyl groups excluding tert-OH is 1. The van der Waals surface area contributed by atoms with Crippen LogP contribution >= 0.6 is 0 Å². The Kier molecular flexibility index (Phi) is 9.00. The van der Waals surface area contributed by atoms with Crippen LogP contribution in [0.5, 0.6) is 0 Å². The SMILES string of the molecule is CCOCCN(C)CC(CO)NC(C)C. The molecule has 1 atom stereocenters. The van der Waals surface area contributed by atoms with Gasteiger partial charge in [-0.15, -0.1) is 0 Å². The first-order valence-electron chi connectivity index (χ1n) is 5.73. The molecule has 0 aromatic carbocycles. The Morgan fingerprint density at radius 1 is 1.40 bits per heavy atom. The van der Waals surface area contributed by atoms with Gasteiger partial charge in [-0.25, -0.2) is 0 Å². The standard InChI is InChI=1S/C11H26N2O2/c1-5-15-7-6-13(4)8-11(9-14)12-10(2)3/h10-12,14H,5-9H2,1-4H3. The summed E-state index contributed by atoms with van der Waals surface area (Å²) in [6, 6.07) is 0.555. The number of nitrogens with zero attached hydrogens (tertiary/aromatic N) is 1. The van der Waals surface area contributed by atoms with E-state index in [0.717, 1.165) is 26.3 Å². The molecule has 4 nitrogen and oxygen atoms in total. The summed E-state index contributed by atoms with van der Waals surface area (Å²) in [5.74, 6) is 0. The van der Waals surface area contributed by atoms with E-state index in [-0.39, 0.29) is 12.6 Å². The van der Waals surface area contributed by atoms with E-state index in [1.807, 2.05) is 14.0 Å². The molecule has 0 rings (SSSR count). The van der Waals surface area contributed by atoms with Crippen molar-refractivity contribution in [1.82, 2.24) is 10.2 Å². The van der Waals surface area contributed by atoms with Crippen molar-refractivity contribution in [2.45, 2.75) is 32.9 Å². The van der Waals surface area contributed by atoms with Crippen LogP contribution < -0.4 is 5.32 Å². The normalized spacial score (nSPS) is 13.8. The molecule has 0 fully saturated rings. The van der Waals surface area contributed by atoms with Crippen molar-refractivity contribution in [2.24, 2.45) is 0 Å². The first kappa shape index (κ1) is 14.8. The summed E-state index contributed by atoms with van der Waals surface area (Å²) >= 11 is 0. The lowest BCUT2D eigenvalue weighted by Gasteiger charge is -2.25. The van der Waals surface area contributed by atoms with Gasteiger partial charge in [-0.1, -0.05) is 13.8 Å². The molecule has 0 saturated heterocycles. The van der Waals surface area contributed by atoms with Gasteiger partial charge in [-0.3, -0.25) is 0 Å². The Morgan fingerprint density at radius 3 is 2.53 bits per heavy atom. The maximum absolute atomic E-state index is 9.17. The highest BCUT2D eigenvalue weighted by atomic mass is 16.5. The quantitative estimate of drug-likeness (QED) is 0.547. The second-order valence-electron chi connectivity index (χ2n) is 4.16. The van der Waals surface area contributed by atoms with E-state index in [0.29, 0.717) is 6.04 Å². The van der Waals surface area contributed by atoms with Crippen molar-refractivity contribution in [1.29, 1.82) is 0 Å². The van der Waals surface area contributed by atoms with Gasteiger partial charge in [0.1, 0.15) is 0 Å². The second-order valence-corrected chi connectivity index (χ2v) is 4.16. The predicted molar refractivity (Wildman–Crippen MR) is 63.1 cm³/mol. The number of likely N-dealkylation sites (N-methyl/N-ethyl adjacent to an activating group) is 1. The predicted octanol–water partition coefficient (Wildman–Crippen LogP) is 0.314. The van der Waals surface area contributed by atoms with Crippen LogP contribution in [0.25, 0.3) is 0 Å². The van der Waals surface area contributed by atoms with Gasteiger partial charge >= 0.3 is 0 Å². The van der Waals surface area contributed by atoms with Gasteiger partial charge < -0.3 is 20.1 Å². The van der Waals surface area contributed by atoms with Crippen LogP contribution in [0.2, 0.25) is 0 Å². The lowest BCUT2D eigenvalue weighted by molar-refractivity contribution is 0.112. The number of ether oxygens (including phenoxy) is 1. The van der Waals surface area contributed by atoms with Gasteiger partial charge in [0.05, 0.1) is 13.2 Å². The Morgan fingerprint density at radius 2 is 2.07 bits per heavy atom. The summed E-state index contributed by atoms with van der Waals surface area (Å²) in [4.78, 5) is 2.17. The van der Waals surface area contributed by atoms with Gasteiger partial charge in [0.25, 0.3) is 0 Å². The second kappa shape index (κ2) is 9.09. The largest absolute Gasteiger partial charge is 0.395 e. The highest BCUT2D eigenvalue weighted by molar-refractivity contribution is 4.71. The molecule has 0 spiro atoms. The van der Waals surface area contributed by atoms with E-state index in [4.69, 9.17) is 4.74 Å². The zero-order chi connectivity index (χ0) is 11.7. The van der Waals surface area contributed by atoms with Gasteiger partial charge in [-0.05, 0) is 14.0 Å². The topological polar surface area (TPSA) is 44.7 Å². The third-order valence-corrected chi connectivity index (χ3v) is 2.14. The number of hydrogen-bond donors (Lipinski definition) is 2. The van der Waals surface area contributed by atoms with Crippen molar-refractivity contribution >= 4 is 0 Å². The van der Waals surface area contributed by atoms with E-state index in [9.17, 15) is 5.11 Å². The first-order valence-corrected chi connectivity index (χ1v) is 5.73. The fraction of sp³-hybridized carbons (Fsp3) is 1.00. The van der Waals surface area contributed by atoms with Crippen molar-refractivity contribution in [2.75, 3.05) is 40.0 Å². The molecule has 4 heteroatoms.